The Balaban J connectivity index is 1.63. The number of pyridine rings is 2. The normalized spacial score (nSPS) is 12.9. The van der Waals surface area contributed by atoms with Crippen LogP contribution in [-0.4, -0.2) is 9.97 Å². The van der Waals surface area contributed by atoms with Gasteiger partial charge < -0.3 is 10.6 Å². The summed E-state index contributed by atoms with van der Waals surface area (Å²) in [6.07, 6.45) is 0. The molecule has 2 N–H and O–H groups in total. The van der Waals surface area contributed by atoms with Gasteiger partial charge in [0.2, 0.25) is 0 Å². The first-order valence-corrected chi connectivity index (χ1v) is 11.1. The van der Waals surface area contributed by atoms with Crippen molar-refractivity contribution in [1.29, 1.82) is 0 Å². The molecule has 2 aromatic carbocycles. The lowest BCUT2D eigenvalue weighted by Gasteiger charge is -2.30. The molecule has 4 nitrogen and oxygen atoms in total. The van der Waals surface area contributed by atoms with Gasteiger partial charge in [0, 0.05) is 24.5 Å². The average Bonchev–Trinajstić information content (AvgIpc) is 2.82. The van der Waals surface area contributed by atoms with Gasteiger partial charge in [-0.15, -0.1) is 0 Å². The van der Waals surface area contributed by atoms with E-state index < -0.39 is 0 Å². The van der Waals surface area contributed by atoms with Crippen molar-refractivity contribution in [3.63, 3.8) is 0 Å². The number of aromatic nitrogens is 2. The molecule has 4 rings (SSSR count). The predicted molar refractivity (Wildman–Crippen MR) is 130 cm³/mol. The SMILES string of the molecule is Cc1cccc(CNC(c2ccccc2)C(NCc2cccc(C)n2)c2ccccc2)n1. The number of hydrogen-bond donors (Lipinski definition) is 2. The summed E-state index contributed by atoms with van der Waals surface area (Å²) >= 11 is 0. The van der Waals surface area contributed by atoms with Crippen LogP contribution in [0.5, 0.6) is 0 Å². The maximum atomic E-state index is 4.68. The lowest BCUT2D eigenvalue weighted by Crippen LogP contribution is -2.35. The third-order valence-electron chi connectivity index (χ3n) is 5.55. The lowest BCUT2D eigenvalue weighted by atomic mass is 9.93. The summed E-state index contributed by atoms with van der Waals surface area (Å²) in [6.45, 7) is 5.44. The molecule has 0 radical (unpaired) electrons. The zero-order chi connectivity index (χ0) is 22.2. The molecule has 0 fully saturated rings. The van der Waals surface area contributed by atoms with E-state index in [9.17, 15) is 0 Å². The molecular weight excluding hydrogens is 392 g/mol. The van der Waals surface area contributed by atoms with Gasteiger partial charge in [-0.2, -0.15) is 0 Å². The second-order valence-electron chi connectivity index (χ2n) is 8.08. The van der Waals surface area contributed by atoms with Crippen molar-refractivity contribution >= 4 is 0 Å². The molecule has 162 valence electrons. The Kier molecular flexibility index (Phi) is 7.38. The topological polar surface area (TPSA) is 49.8 Å². The third kappa shape index (κ3) is 5.88. The van der Waals surface area contributed by atoms with E-state index in [0.717, 1.165) is 22.8 Å². The Morgan fingerprint density at radius 2 is 0.938 bits per heavy atom. The van der Waals surface area contributed by atoms with Crippen LogP contribution < -0.4 is 10.6 Å². The smallest absolute Gasteiger partial charge is 0.0545 e. The zero-order valence-corrected chi connectivity index (χ0v) is 18.7. The van der Waals surface area contributed by atoms with Crippen LogP contribution in [0.25, 0.3) is 0 Å². The first-order chi connectivity index (χ1) is 15.7. The highest BCUT2D eigenvalue weighted by Crippen LogP contribution is 2.29. The van der Waals surface area contributed by atoms with Crippen molar-refractivity contribution in [2.45, 2.75) is 39.0 Å². The molecule has 2 unspecified atom stereocenters. The summed E-state index contributed by atoms with van der Waals surface area (Å²) in [5.41, 5.74) is 6.61. The minimum absolute atomic E-state index is 0.0609. The number of benzene rings is 2. The molecule has 2 atom stereocenters. The number of rotatable bonds is 9. The third-order valence-corrected chi connectivity index (χ3v) is 5.55. The van der Waals surface area contributed by atoms with Crippen LogP contribution in [-0.2, 0) is 13.1 Å². The van der Waals surface area contributed by atoms with Gasteiger partial charge in [-0.3, -0.25) is 9.97 Å². The molecule has 4 heteroatoms. The van der Waals surface area contributed by atoms with E-state index in [4.69, 9.17) is 0 Å². The van der Waals surface area contributed by atoms with E-state index in [-0.39, 0.29) is 12.1 Å². The summed E-state index contributed by atoms with van der Waals surface area (Å²) in [4.78, 5) is 9.36. The quantitative estimate of drug-likeness (QED) is 0.376. The van der Waals surface area contributed by atoms with E-state index in [1.54, 1.807) is 0 Å². The molecule has 0 bridgehead atoms. The van der Waals surface area contributed by atoms with E-state index in [1.165, 1.54) is 11.1 Å². The van der Waals surface area contributed by atoms with E-state index >= 15 is 0 Å². The van der Waals surface area contributed by atoms with Crippen molar-refractivity contribution in [1.82, 2.24) is 20.6 Å². The summed E-state index contributed by atoms with van der Waals surface area (Å²) in [5, 5.41) is 7.56. The molecule has 2 aromatic heterocycles. The first-order valence-electron chi connectivity index (χ1n) is 11.1. The van der Waals surface area contributed by atoms with E-state index in [1.807, 2.05) is 26.0 Å². The minimum Gasteiger partial charge on any atom is -0.303 e. The Hall–Kier alpha value is -3.34. The molecule has 0 saturated heterocycles. The standard InChI is InChI=1S/C28H30N4/c1-21-11-9-17-25(31-21)19-29-27(23-13-5-3-6-14-23)28(24-15-7-4-8-16-24)30-20-26-18-10-12-22(2)32-26/h3-18,27-30H,19-20H2,1-2H3. The van der Waals surface area contributed by atoms with Gasteiger partial charge in [-0.25, -0.2) is 0 Å². The van der Waals surface area contributed by atoms with Gasteiger partial charge in [0.05, 0.1) is 23.5 Å². The minimum atomic E-state index is 0.0609. The van der Waals surface area contributed by atoms with Gasteiger partial charge in [-0.1, -0.05) is 72.8 Å². The second kappa shape index (κ2) is 10.8. The first kappa shape index (κ1) is 21.9. The highest BCUT2D eigenvalue weighted by Gasteiger charge is 2.24. The van der Waals surface area contributed by atoms with Crippen LogP contribution in [0.4, 0.5) is 0 Å². The molecule has 0 saturated carbocycles. The second-order valence-corrected chi connectivity index (χ2v) is 8.08. The van der Waals surface area contributed by atoms with Crippen molar-refractivity contribution in [3.8, 4) is 0 Å². The molecule has 0 spiro atoms. The fourth-order valence-electron chi connectivity index (χ4n) is 4.00. The van der Waals surface area contributed by atoms with Gasteiger partial charge in [0.25, 0.3) is 0 Å². The number of nitrogens with one attached hydrogen (secondary N) is 2. The van der Waals surface area contributed by atoms with Crippen LogP contribution in [0.3, 0.4) is 0 Å². The van der Waals surface area contributed by atoms with Crippen LogP contribution in [0.1, 0.15) is 46.0 Å². The number of hydrogen-bond acceptors (Lipinski definition) is 4. The summed E-state index contributed by atoms with van der Waals surface area (Å²) < 4.78 is 0. The van der Waals surface area contributed by atoms with E-state index in [2.05, 4.69) is 106 Å². The van der Waals surface area contributed by atoms with Crippen LogP contribution in [0, 0.1) is 13.8 Å². The molecule has 0 aliphatic rings. The van der Waals surface area contributed by atoms with Gasteiger partial charge in [-0.05, 0) is 49.2 Å². The largest absolute Gasteiger partial charge is 0.303 e. The maximum absolute atomic E-state index is 4.68. The molecular formula is C28H30N4. The molecule has 0 aliphatic carbocycles. The Labute approximate surface area is 190 Å². The fraction of sp³-hybridized carbons (Fsp3) is 0.214. The average molecular weight is 423 g/mol. The van der Waals surface area contributed by atoms with Gasteiger partial charge in [0.15, 0.2) is 0 Å². The summed E-state index contributed by atoms with van der Waals surface area (Å²) in [7, 11) is 0. The van der Waals surface area contributed by atoms with Crippen LogP contribution >= 0.6 is 0 Å². The number of aryl methyl sites for hydroxylation is 2. The molecule has 0 amide bonds. The highest BCUT2D eigenvalue weighted by atomic mass is 15.0. The Morgan fingerprint density at radius 3 is 1.31 bits per heavy atom. The lowest BCUT2D eigenvalue weighted by molar-refractivity contribution is 0.378. The molecule has 2 heterocycles. The summed E-state index contributed by atoms with van der Waals surface area (Å²) in [5.74, 6) is 0. The van der Waals surface area contributed by atoms with Crippen LogP contribution in [0.15, 0.2) is 97.1 Å². The van der Waals surface area contributed by atoms with Crippen molar-refractivity contribution in [2.75, 3.05) is 0 Å². The predicted octanol–water partition coefficient (Wildman–Crippen LogP) is 5.46. The monoisotopic (exact) mass is 422 g/mol. The van der Waals surface area contributed by atoms with Crippen LogP contribution in [0.2, 0.25) is 0 Å². The number of nitrogens with zero attached hydrogens (tertiary/aromatic N) is 2. The molecule has 0 aliphatic heterocycles. The van der Waals surface area contributed by atoms with Crippen molar-refractivity contribution < 1.29 is 0 Å². The Bertz CT molecular complexity index is 1020. The highest BCUT2D eigenvalue weighted by molar-refractivity contribution is 5.28. The zero-order valence-electron chi connectivity index (χ0n) is 18.7. The maximum Gasteiger partial charge on any atom is 0.0545 e. The Morgan fingerprint density at radius 1 is 0.531 bits per heavy atom. The summed E-state index contributed by atoms with van der Waals surface area (Å²) in [6, 6.07) is 33.7. The van der Waals surface area contributed by atoms with E-state index in [0.29, 0.717) is 13.1 Å². The van der Waals surface area contributed by atoms with Crippen molar-refractivity contribution in [2.24, 2.45) is 0 Å². The van der Waals surface area contributed by atoms with Crippen molar-refractivity contribution in [3.05, 3.63) is 131 Å². The fourth-order valence-corrected chi connectivity index (χ4v) is 4.00. The van der Waals surface area contributed by atoms with Gasteiger partial charge >= 0.3 is 0 Å². The van der Waals surface area contributed by atoms with Gasteiger partial charge in [0.1, 0.15) is 0 Å². The molecule has 4 aromatic rings. The molecule has 32 heavy (non-hydrogen) atoms.